The summed E-state index contributed by atoms with van der Waals surface area (Å²) < 4.78 is 32.5. The molecule has 0 saturated carbocycles. The van der Waals surface area contributed by atoms with Crippen LogP contribution in [-0.2, 0) is 0 Å². The number of halogens is 2. The van der Waals surface area contributed by atoms with E-state index < -0.39 is 11.6 Å². The van der Waals surface area contributed by atoms with Gasteiger partial charge >= 0.3 is 0 Å². The predicted molar refractivity (Wildman–Crippen MR) is 198 cm³/mol. The van der Waals surface area contributed by atoms with E-state index in [4.69, 9.17) is 9.97 Å². The summed E-state index contributed by atoms with van der Waals surface area (Å²) in [7, 11) is 0. The Morgan fingerprint density at radius 3 is 1.34 bits per heavy atom. The van der Waals surface area contributed by atoms with E-state index in [2.05, 4.69) is 37.7 Å². The smallest absolute Gasteiger partial charge is 0.262 e. The molecule has 0 spiro atoms. The molecule has 50 heavy (non-hydrogen) atoms. The fraction of sp³-hybridized carbons (Fsp3) is 0.500. The molecule has 2 unspecified atom stereocenters. The zero-order chi connectivity index (χ0) is 35.4. The van der Waals surface area contributed by atoms with E-state index in [-0.39, 0.29) is 34.3 Å². The zero-order valence-corrected chi connectivity index (χ0v) is 29.9. The van der Waals surface area contributed by atoms with Crippen LogP contribution in [0.5, 0.6) is 0 Å². The largest absolute Gasteiger partial charge is 0.350 e. The molecule has 0 fully saturated rings. The number of nitrogens with zero attached hydrogens (tertiary/aromatic N) is 4. The number of hydrogen-bond donors (Lipinski definition) is 2. The molecule has 4 aliphatic rings. The minimum Gasteiger partial charge on any atom is -0.350 e. The first kappa shape index (κ1) is 35.5. The second-order valence-electron chi connectivity index (χ2n) is 13.9. The van der Waals surface area contributed by atoms with Crippen molar-refractivity contribution in [2.45, 2.75) is 130 Å². The highest BCUT2D eigenvalue weighted by Gasteiger charge is 2.36. The van der Waals surface area contributed by atoms with Crippen LogP contribution in [0.1, 0.15) is 130 Å². The molecule has 0 saturated heterocycles. The summed E-state index contributed by atoms with van der Waals surface area (Å²) in [6.07, 6.45) is 13.1. The molecule has 0 amide bonds. The number of aromatic nitrogens is 6. The third kappa shape index (κ3) is 6.86. The Bertz CT molecular complexity index is 1970. The van der Waals surface area contributed by atoms with Crippen molar-refractivity contribution < 1.29 is 8.78 Å². The average molecular weight is 685 g/mol. The average Bonchev–Trinajstić information content (AvgIpc) is 3.53. The summed E-state index contributed by atoms with van der Waals surface area (Å²) >= 11 is 0. The van der Waals surface area contributed by atoms with E-state index in [0.717, 1.165) is 89.9 Å². The molecule has 4 heterocycles. The lowest BCUT2D eigenvalue weighted by molar-refractivity contribution is 0.399. The van der Waals surface area contributed by atoms with Gasteiger partial charge in [0.15, 0.2) is 11.6 Å². The molecule has 2 N–H and O–H groups in total. The minimum atomic E-state index is -0.418. The van der Waals surface area contributed by atoms with Crippen molar-refractivity contribution in [3.8, 4) is 34.2 Å². The van der Waals surface area contributed by atoms with Gasteiger partial charge in [-0.3, -0.25) is 18.7 Å². The Labute approximate surface area is 292 Å². The molecule has 2 atom stereocenters. The molecule has 266 valence electrons. The predicted octanol–water partition coefficient (Wildman–Crippen LogP) is 10.5. The molecule has 2 aromatic rings. The highest BCUT2D eigenvalue weighted by Crippen LogP contribution is 2.40. The number of aromatic amines is 2. The highest BCUT2D eigenvalue weighted by atomic mass is 19.1. The van der Waals surface area contributed by atoms with E-state index in [1.807, 2.05) is 0 Å². The van der Waals surface area contributed by atoms with Gasteiger partial charge in [-0.1, -0.05) is 91.9 Å². The summed E-state index contributed by atoms with van der Waals surface area (Å²) in [4.78, 5) is 46.7. The number of H-pyrrole nitrogens is 2. The van der Waals surface area contributed by atoms with Gasteiger partial charge in [-0.25, -0.2) is 18.7 Å². The number of rotatable bonds is 17. The second-order valence-corrected chi connectivity index (χ2v) is 13.9. The van der Waals surface area contributed by atoms with Crippen LogP contribution in [-0.4, -0.2) is 29.1 Å². The summed E-state index contributed by atoms with van der Waals surface area (Å²) in [6, 6.07) is 8.40. The Morgan fingerprint density at radius 1 is 0.580 bits per heavy atom. The maximum absolute atomic E-state index is 15.0. The Balaban J connectivity index is 1.69. The molecule has 8 nitrogen and oxygen atoms in total. The number of nitrogens with one attached hydrogen (secondary N) is 2. The summed E-state index contributed by atoms with van der Waals surface area (Å²) in [6.45, 7) is 8.58. The van der Waals surface area contributed by atoms with Crippen LogP contribution in [0.3, 0.4) is 0 Å². The van der Waals surface area contributed by atoms with E-state index in [0.29, 0.717) is 45.1 Å². The van der Waals surface area contributed by atoms with Crippen molar-refractivity contribution in [1.29, 1.82) is 0 Å². The maximum Gasteiger partial charge on any atom is 0.262 e. The Hall–Kier alpha value is -4.34. The highest BCUT2D eigenvalue weighted by molar-refractivity contribution is 5.93. The van der Waals surface area contributed by atoms with Crippen LogP contribution >= 0.6 is 0 Å². The lowest BCUT2D eigenvalue weighted by Gasteiger charge is -2.20. The van der Waals surface area contributed by atoms with Crippen LogP contribution < -0.4 is 11.1 Å². The SMILES string of the molecule is CCCCCC(CCCC)n1c2nc3cc(F)ccc3[nH]c-2c(-c2c3[nH]c4ccc(F)cc4nc-3n(C(CCCC)CCCCC)c2=O)c1=O. The second kappa shape index (κ2) is 15.7. The van der Waals surface area contributed by atoms with Gasteiger partial charge < -0.3 is 9.97 Å². The third-order valence-electron chi connectivity index (χ3n) is 10.2. The van der Waals surface area contributed by atoms with Gasteiger partial charge in [-0.15, -0.1) is 0 Å². The van der Waals surface area contributed by atoms with E-state index in [1.165, 1.54) is 24.3 Å². The first-order valence-corrected chi connectivity index (χ1v) is 18.8. The third-order valence-corrected chi connectivity index (χ3v) is 10.2. The molecule has 4 aliphatic heterocycles. The van der Waals surface area contributed by atoms with Crippen LogP contribution in [0.15, 0.2) is 46.0 Å². The normalized spacial score (nSPS) is 13.3. The Morgan fingerprint density at radius 2 is 0.960 bits per heavy atom. The first-order chi connectivity index (χ1) is 24.3. The fourth-order valence-corrected chi connectivity index (χ4v) is 7.56. The minimum absolute atomic E-state index is 0.141. The van der Waals surface area contributed by atoms with Crippen LogP contribution in [0.2, 0.25) is 0 Å². The van der Waals surface area contributed by atoms with Crippen molar-refractivity contribution in [3.05, 3.63) is 68.7 Å². The first-order valence-electron chi connectivity index (χ1n) is 18.8. The van der Waals surface area contributed by atoms with Crippen molar-refractivity contribution >= 4 is 22.1 Å². The monoisotopic (exact) mass is 684 g/mol. The maximum atomic E-state index is 15.0. The van der Waals surface area contributed by atoms with Crippen LogP contribution in [0.4, 0.5) is 8.78 Å². The van der Waals surface area contributed by atoms with E-state index in [9.17, 15) is 8.78 Å². The topological polar surface area (TPSA) is 101 Å². The number of unbranched alkanes of at least 4 members (excludes halogenated alkanes) is 6. The van der Waals surface area contributed by atoms with Gasteiger partial charge in [0.1, 0.15) is 11.6 Å². The number of fused-ring (bicyclic) bond motifs is 4. The van der Waals surface area contributed by atoms with Crippen LogP contribution in [0.25, 0.3) is 56.2 Å². The van der Waals surface area contributed by atoms with Gasteiger partial charge in [-0.05, 0) is 49.9 Å². The molecule has 0 radical (unpaired) electrons. The van der Waals surface area contributed by atoms with Crippen molar-refractivity contribution in [1.82, 2.24) is 29.1 Å². The molecular weight excluding hydrogens is 634 g/mol. The standard InChI is InChI=1S/C40H50F2N6O2/c1-5-9-13-17-27(15-11-7-3)47-37-35(43-29-21-19-25(41)23-31(29)45-37)33(39(47)49)34-36-38(46-32-24-26(42)20-22-30(32)44-36)48(40(34)50)28(16-12-8-4)18-14-10-6-2/h19-24,27-28,43-44H,5-18H2,1-4H3. The van der Waals surface area contributed by atoms with Crippen LogP contribution in [0, 0.1) is 11.6 Å². The van der Waals surface area contributed by atoms with Crippen molar-refractivity contribution in [2.24, 2.45) is 0 Å². The van der Waals surface area contributed by atoms with Crippen molar-refractivity contribution in [2.75, 3.05) is 0 Å². The van der Waals surface area contributed by atoms with Gasteiger partial charge in [0.05, 0.1) is 44.6 Å². The fourth-order valence-electron chi connectivity index (χ4n) is 7.56. The number of benzene rings is 2. The van der Waals surface area contributed by atoms with Gasteiger partial charge in [0.25, 0.3) is 11.1 Å². The van der Waals surface area contributed by atoms with Gasteiger partial charge in [-0.2, -0.15) is 0 Å². The van der Waals surface area contributed by atoms with Crippen molar-refractivity contribution in [3.63, 3.8) is 0 Å². The quantitative estimate of drug-likeness (QED) is 0.0934. The lowest BCUT2D eigenvalue weighted by atomic mass is 10.0. The number of hydrogen-bond acceptors (Lipinski definition) is 4. The molecule has 6 rings (SSSR count). The summed E-state index contributed by atoms with van der Waals surface area (Å²) in [5, 5.41) is 0. The molecule has 2 aromatic carbocycles. The summed E-state index contributed by atoms with van der Waals surface area (Å²) in [5.74, 6) is 0.00241. The Kier molecular flexibility index (Phi) is 11.1. The molecule has 0 aliphatic carbocycles. The summed E-state index contributed by atoms with van der Waals surface area (Å²) in [5.41, 5.74) is 2.74. The molecule has 0 bridgehead atoms. The van der Waals surface area contributed by atoms with E-state index in [1.54, 1.807) is 21.3 Å². The van der Waals surface area contributed by atoms with Gasteiger partial charge in [0.2, 0.25) is 0 Å². The molecular formula is C40H50F2N6O2. The van der Waals surface area contributed by atoms with Gasteiger partial charge in [0, 0.05) is 24.2 Å². The molecule has 10 heteroatoms. The lowest BCUT2D eigenvalue weighted by Crippen LogP contribution is -2.25. The molecule has 0 aromatic heterocycles. The zero-order valence-electron chi connectivity index (χ0n) is 29.9. The van der Waals surface area contributed by atoms with E-state index >= 15 is 9.59 Å².